The van der Waals surface area contributed by atoms with E-state index >= 15 is 0 Å². The lowest BCUT2D eigenvalue weighted by molar-refractivity contribution is 0.0173. The van der Waals surface area contributed by atoms with E-state index in [2.05, 4.69) is 0 Å². The maximum Gasteiger partial charge on any atom is 0.270 e. The Morgan fingerprint density at radius 2 is 2.07 bits per heavy atom. The smallest absolute Gasteiger partial charge is 0.270 e. The van der Waals surface area contributed by atoms with Crippen molar-refractivity contribution >= 4 is 0 Å². The molecule has 0 fully saturated rings. The van der Waals surface area contributed by atoms with Crippen LogP contribution in [0.3, 0.4) is 0 Å². The van der Waals surface area contributed by atoms with Crippen molar-refractivity contribution in [1.29, 1.82) is 0 Å². The van der Waals surface area contributed by atoms with Crippen LogP contribution in [0.1, 0.15) is 25.0 Å². The van der Waals surface area contributed by atoms with Gasteiger partial charge in [-0.05, 0) is 25.0 Å². The first-order valence-corrected chi connectivity index (χ1v) is 4.55. The van der Waals surface area contributed by atoms with E-state index in [1.54, 1.807) is 19.1 Å². The van der Waals surface area contributed by atoms with Gasteiger partial charge in [0.05, 0.1) is 6.10 Å². The molecule has 0 aliphatic carbocycles. The topological polar surface area (TPSA) is 20.2 Å². The molecule has 0 aromatic heterocycles. The van der Waals surface area contributed by atoms with Gasteiger partial charge in [0.15, 0.2) is 0 Å². The molecular formula is C11H14F2O. The summed E-state index contributed by atoms with van der Waals surface area (Å²) in [4.78, 5) is 0. The summed E-state index contributed by atoms with van der Waals surface area (Å²) in [5.41, 5.74) is 0.731. The number of alkyl halides is 2. The first-order valence-electron chi connectivity index (χ1n) is 4.55. The lowest BCUT2D eigenvalue weighted by Crippen LogP contribution is -2.09. The van der Waals surface area contributed by atoms with Crippen LogP contribution in [0.2, 0.25) is 0 Å². The molecule has 0 aliphatic heterocycles. The van der Waals surface area contributed by atoms with Gasteiger partial charge in [-0.15, -0.1) is 0 Å². The molecule has 0 saturated carbocycles. The lowest BCUT2D eigenvalue weighted by atomic mass is 10.0. The summed E-state index contributed by atoms with van der Waals surface area (Å²) in [7, 11) is 0. The highest BCUT2D eigenvalue weighted by Crippen LogP contribution is 2.27. The average Bonchev–Trinajstić information content (AvgIpc) is 2.01. The van der Waals surface area contributed by atoms with Gasteiger partial charge in [-0.1, -0.05) is 18.2 Å². The number of halogens is 2. The number of benzene rings is 1. The van der Waals surface area contributed by atoms with Crippen LogP contribution in [0.25, 0.3) is 0 Å². The van der Waals surface area contributed by atoms with Crippen molar-refractivity contribution in [3.8, 4) is 0 Å². The minimum absolute atomic E-state index is 0.00403. The molecule has 1 aromatic rings. The second-order valence-electron chi connectivity index (χ2n) is 3.64. The Hall–Kier alpha value is -0.960. The van der Waals surface area contributed by atoms with Crippen LogP contribution in [0, 0.1) is 0 Å². The molecule has 0 saturated heterocycles. The third-order valence-corrected chi connectivity index (χ3v) is 1.96. The van der Waals surface area contributed by atoms with Crippen molar-refractivity contribution in [2.45, 2.75) is 32.3 Å². The Labute approximate surface area is 82.4 Å². The van der Waals surface area contributed by atoms with E-state index < -0.39 is 12.0 Å². The van der Waals surface area contributed by atoms with Crippen LogP contribution in [0.5, 0.6) is 0 Å². The van der Waals surface area contributed by atoms with Gasteiger partial charge >= 0.3 is 0 Å². The Morgan fingerprint density at radius 3 is 2.57 bits per heavy atom. The molecule has 0 heterocycles. The minimum Gasteiger partial charge on any atom is -0.393 e. The molecule has 0 radical (unpaired) electrons. The molecule has 0 bridgehead atoms. The predicted molar refractivity (Wildman–Crippen MR) is 51.4 cm³/mol. The molecule has 1 unspecified atom stereocenters. The zero-order valence-corrected chi connectivity index (χ0v) is 8.30. The van der Waals surface area contributed by atoms with Gasteiger partial charge in [-0.2, -0.15) is 0 Å². The van der Waals surface area contributed by atoms with Crippen LogP contribution < -0.4 is 0 Å². The fourth-order valence-electron chi connectivity index (χ4n) is 1.31. The van der Waals surface area contributed by atoms with Crippen molar-refractivity contribution in [3.63, 3.8) is 0 Å². The van der Waals surface area contributed by atoms with E-state index in [1.165, 1.54) is 12.1 Å². The maximum atomic E-state index is 12.9. The normalized spacial score (nSPS) is 14.1. The van der Waals surface area contributed by atoms with E-state index in [1.807, 2.05) is 0 Å². The Morgan fingerprint density at radius 1 is 1.43 bits per heavy atom. The summed E-state index contributed by atoms with van der Waals surface area (Å²) >= 11 is 0. The average molecular weight is 200 g/mol. The summed E-state index contributed by atoms with van der Waals surface area (Å²) < 4.78 is 25.8. The van der Waals surface area contributed by atoms with Crippen molar-refractivity contribution in [2.24, 2.45) is 0 Å². The molecule has 78 valence electrons. The molecule has 1 aromatic carbocycles. The van der Waals surface area contributed by atoms with E-state index in [9.17, 15) is 8.78 Å². The van der Waals surface area contributed by atoms with Gasteiger partial charge in [0.2, 0.25) is 0 Å². The third-order valence-electron chi connectivity index (χ3n) is 1.96. The highest BCUT2D eigenvalue weighted by atomic mass is 19.3. The second kappa shape index (κ2) is 4.05. The Bertz CT molecular complexity index is 302. The summed E-state index contributed by atoms with van der Waals surface area (Å²) in [5, 5.41) is 9.11. The molecule has 0 amide bonds. The minimum atomic E-state index is -2.81. The zero-order chi connectivity index (χ0) is 10.8. The molecule has 1 rings (SSSR count). The van der Waals surface area contributed by atoms with Gasteiger partial charge in [-0.3, -0.25) is 0 Å². The van der Waals surface area contributed by atoms with Crippen LogP contribution in [0.15, 0.2) is 24.3 Å². The number of aliphatic hydroxyl groups is 1. The third kappa shape index (κ3) is 3.07. The Kier molecular flexibility index (Phi) is 3.21. The number of aliphatic hydroxyl groups excluding tert-OH is 1. The zero-order valence-electron chi connectivity index (χ0n) is 8.30. The standard InChI is InChI=1S/C11H14F2O/c1-8(14)6-9-4-3-5-10(7-9)11(2,12)13/h3-5,7-8,14H,6H2,1-2H3. The van der Waals surface area contributed by atoms with Crippen molar-refractivity contribution in [1.82, 2.24) is 0 Å². The van der Waals surface area contributed by atoms with Crippen LogP contribution >= 0.6 is 0 Å². The fraction of sp³-hybridized carbons (Fsp3) is 0.455. The second-order valence-corrected chi connectivity index (χ2v) is 3.64. The summed E-state index contributed by atoms with van der Waals surface area (Å²) in [5.74, 6) is -2.81. The monoisotopic (exact) mass is 200 g/mol. The molecule has 0 spiro atoms. The Balaban J connectivity index is 2.90. The van der Waals surface area contributed by atoms with E-state index in [-0.39, 0.29) is 5.56 Å². The summed E-state index contributed by atoms with van der Waals surface area (Å²) in [6, 6.07) is 6.16. The maximum absolute atomic E-state index is 12.9. The van der Waals surface area contributed by atoms with Gasteiger partial charge in [0, 0.05) is 12.5 Å². The van der Waals surface area contributed by atoms with E-state index in [0.29, 0.717) is 6.42 Å². The SMILES string of the molecule is CC(O)Cc1cccc(C(C)(F)F)c1. The largest absolute Gasteiger partial charge is 0.393 e. The molecular weight excluding hydrogens is 186 g/mol. The molecule has 1 nitrogen and oxygen atoms in total. The summed E-state index contributed by atoms with van der Waals surface area (Å²) in [6.45, 7) is 2.51. The molecule has 14 heavy (non-hydrogen) atoms. The molecule has 3 heteroatoms. The van der Waals surface area contributed by atoms with Crippen molar-refractivity contribution < 1.29 is 13.9 Å². The first-order chi connectivity index (χ1) is 6.39. The van der Waals surface area contributed by atoms with E-state index in [0.717, 1.165) is 12.5 Å². The van der Waals surface area contributed by atoms with Gasteiger partial charge in [-0.25, -0.2) is 8.78 Å². The van der Waals surface area contributed by atoms with Crippen LogP contribution in [0.4, 0.5) is 8.78 Å². The highest BCUT2D eigenvalue weighted by molar-refractivity contribution is 5.26. The van der Waals surface area contributed by atoms with E-state index in [4.69, 9.17) is 5.11 Å². The molecule has 1 atom stereocenters. The van der Waals surface area contributed by atoms with Gasteiger partial charge in [0.1, 0.15) is 0 Å². The van der Waals surface area contributed by atoms with Crippen LogP contribution in [-0.4, -0.2) is 11.2 Å². The predicted octanol–water partition coefficient (Wildman–Crippen LogP) is 2.72. The fourth-order valence-corrected chi connectivity index (χ4v) is 1.31. The van der Waals surface area contributed by atoms with Crippen molar-refractivity contribution in [3.05, 3.63) is 35.4 Å². The quantitative estimate of drug-likeness (QED) is 0.795. The molecule has 1 N–H and O–H groups in total. The summed E-state index contributed by atoms with van der Waals surface area (Å²) in [6.07, 6.45) is -0.0973. The number of hydrogen-bond acceptors (Lipinski definition) is 1. The lowest BCUT2D eigenvalue weighted by Gasteiger charge is -2.12. The highest BCUT2D eigenvalue weighted by Gasteiger charge is 2.24. The van der Waals surface area contributed by atoms with Gasteiger partial charge in [0.25, 0.3) is 5.92 Å². The molecule has 0 aliphatic rings. The van der Waals surface area contributed by atoms with Crippen molar-refractivity contribution in [2.75, 3.05) is 0 Å². The van der Waals surface area contributed by atoms with Crippen LogP contribution in [-0.2, 0) is 12.3 Å². The number of hydrogen-bond donors (Lipinski definition) is 1. The number of rotatable bonds is 3. The van der Waals surface area contributed by atoms with Gasteiger partial charge < -0.3 is 5.11 Å². The first kappa shape index (κ1) is 11.1.